The molecule has 0 amide bonds. The van der Waals surface area contributed by atoms with Crippen LogP contribution in [0.2, 0.25) is 0 Å². The summed E-state index contributed by atoms with van der Waals surface area (Å²) in [5.41, 5.74) is 3.09. The third-order valence-electron chi connectivity index (χ3n) is 5.35. The van der Waals surface area contributed by atoms with Crippen LogP contribution in [0.25, 0.3) is 0 Å². The number of aryl methyl sites for hydroxylation is 4. The van der Waals surface area contributed by atoms with Gasteiger partial charge in [-0.25, -0.2) is 13.2 Å². The van der Waals surface area contributed by atoms with Gasteiger partial charge >= 0.3 is 5.97 Å². The molecule has 0 spiro atoms. The first-order chi connectivity index (χ1) is 14.6. The number of nitrogens with one attached hydrogen (secondary N) is 1. The number of carbonyl (C=O) groups excluding carboxylic acids is 1. The number of sulfonamides is 1. The summed E-state index contributed by atoms with van der Waals surface area (Å²) in [5.74, 6) is -0.335. The average molecular weight is 466 g/mol. The van der Waals surface area contributed by atoms with Crippen molar-refractivity contribution in [3.05, 3.63) is 46.4 Å². The summed E-state index contributed by atoms with van der Waals surface area (Å²) in [6, 6.07) is 6.09. The number of benzene rings is 1. The van der Waals surface area contributed by atoms with Crippen LogP contribution in [0.5, 0.6) is 0 Å². The Morgan fingerprint density at radius 3 is 2.35 bits per heavy atom. The van der Waals surface area contributed by atoms with Gasteiger partial charge in [0, 0.05) is 31.9 Å². The molecule has 0 bridgehead atoms. The second-order valence-electron chi connectivity index (χ2n) is 7.55. The highest BCUT2D eigenvalue weighted by Crippen LogP contribution is 2.30. The minimum absolute atomic E-state index is 0.0467. The van der Waals surface area contributed by atoms with Gasteiger partial charge in [0.2, 0.25) is 10.0 Å². The van der Waals surface area contributed by atoms with E-state index in [0.29, 0.717) is 18.2 Å². The molecular weight excluding hydrogens is 438 g/mol. The molecule has 1 saturated heterocycles. The predicted octanol–water partition coefficient (Wildman–Crippen LogP) is 3.00. The van der Waals surface area contributed by atoms with E-state index in [9.17, 15) is 13.2 Å². The first kappa shape index (κ1) is 23.2. The van der Waals surface area contributed by atoms with Crippen molar-refractivity contribution in [2.75, 3.05) is 38.6 Å². The van der Waals surface area contributed by atoms with Crippen molar-refractivity contribution >= 4 is 39.0 Å². The van der Waals surface area contributed by atoms with Crippen LogP contribution in [0.15, 0.2) is 27.5 Å². The lowest BCUT2D eigenvalue weighted by atomic mass is 10.1. The van der Waals surface area contributed by atoms with Crippen molar-refractivity contribution < 1.29 is 22.4 Å². The standard InChI is InChI=1S/C21H27N3O5S2/c1-13-6-7-14(2)17(12-13)22-21(30)23-8-10-24(11-9-23)31(26,27)19-16(4)29-15(3)18(19)20(25)28-5/h6-7,12H,8-11H2,1-5H3,(H,22,30). The van der Waals surface area contributed by atoms with Crippen molar-refractivity contribution in [1.82, 2.24) is 9.21 Å². The van der Waals surface area contributed by atoms with Crippen molar-refractivity contribution in [2.45, 2.75) is 32.6 Å². The quantitative estimate of drug-likeness (QED) is 0.544. The third kappa shape index (κ3) is 4.60. The number of rotatable bonds is 4. The molecule has 0 atom stereocenters. The van der Waals surface area contributed by atoms with Crippen molar-refractivity contribution in [2.24, 2.45) is 0 Å². The Bertz CT molecular complexity index is 1120. The Labute approximate surface area is 188 Å². The molecule has 0 unspecified atom stereocenters. The third-order valence-corrected chi connectivity index (χ3v) is 7.77. The molecule has 1 N–H and O–H groups in total. The van der Waals surface area contributed by atoms with Crippen LogP contribution in [-0.4, -0.2) is 62.0 Å². The highest BCUT2D eigenvalue weighted by atomic mass is 32.2. The van der Waals surface area contributed by atoms with E-state index in [2.05, 4.69) is 5.32 Å². The molecule has 0 radical (unpaired) electrons. The van der Waals surface area contributed by atoms with Crippen molar-refractivity contribution in [3.8, 4) is 0 Å². The lowest BCUT2D eigenvalue weighted by molar-refractivity contribution is 0.0594. The van der Waals surface area contributed by atoms with E-state index in [1.807, 2.05) is 36.9 Å². The lowest BCUT2D eigenvalue weighted by Crippen LogP contribution is -2.51. The number of piperazine rings is 1. The van der Waals surface area contributed by atoms with Crippen molar-refractivity contribution in [3.63, 3.8) is 0 Å². The molecular formula is C21H27N3O5S2. The summed E-state index contributed by atoms with van der Waals surface area (Å²) < 4.78 is 38.2. The number of thiocarbonyl (C=S) groups is 1. The summed E-state index contributed by atoms with van der Waals surface area (Å²) in [6.07, 6.45) is 0. The fourth-order valence-electron chi connectivity index (χ4n) is 3.64. The van der Waals surface area contributed by atoms with Gasteiger partial charge in [0.1, 0.15) is 22.0 Å². The summed E-state index contributed by atoms with van der Waals surface area (Å²) in [6.45, 7) is 8.43. The molecule has 1 aliphatic rings. The van der Waals surface area contributed by atoms with Gasteiger partial charge in [-0.2, -0.15) is 4.31 Å². The van der Waals surface area contributed by atoms with E-state index in [1.165, 1.54) is 18.3 Å². The number of esters is 1. The molecule has 31 heavy (non-hydrogen) atoms. The van der Waals surface area contributed by atoms with Gasteiger partial charge in [-0.15, -0.1) is 0 Å². The van der Waals surface area contributed by atoms with Gasteiger partial charge in [0.25, 0.3) is 0 Å². The largest absolute Gasteiger partial charge is 0.465 e. The number of nitrogens with zero attached hydrogens (tertiary/aromatic N) is 2. The average Bonchev–Trinajstić information content (AvgIpc) is 3.04. The number of hydrogen-bond donors (Lipinski definition) is 1. The second-order valence-corrected chi connectivity index (χ2v) is 9.81. The molecule has 0 saturated carbocycles. The number of methoxy groups -OCH3 is 1. The monoisotopic (exact) mass is 465 g/mol. The van der Waals surface area contributed by atoms with Gasteiger partial charge in [0.05, 0.1) is 7.11 Å². The van der Waals surface area contributed by atoms with Gasteiger partial charge in [-0.05, 0) is 57.1 Å². The van der Waals surface area contributed by atoms with Gasteiger partial charge in [0.15, 0.2) is 5.11 Å². The summed E-state index contributed by atoms with van der Waals surface area (Å²) in [7, 11) is -2.72. The smallest absolute Gasteiger partial charge is 0.342 e. The first-order valence-corrected chi connectivity index (χ1v) is 11.7. The minimum atomic E-state index is -3.93. The zero-order valence-corrected chi connectivity index (χ0v) is 19.9. The topological polar surface area (TPSA) is 92.1 Å². The Morgan fingerprint density at radius 2 is 1.74 bits per heavy atom. The van der Waals surface area contributed by atoms with Crippen LogP contribution in [0.3, 0.4) is 0 Å². The molecule has 2 aromatic rings. The number of carbonyl (C=O) groups is 1. The fraction of sp³-hybridized carbons (Fsp3) is 0.429. The van der Waals surface area contributed by atoms with E-state index in [1.54, 1.807) is 6.92 Å². The number of anilines is 1. The lowest BCUT2D eigenvalue weighted by Gasteiger charge is -2.35. The van der Waals surface area contributed by atoms with Crippen LogP contribution < -0.4 is 5.32 Å². The summed E-state index contributed by atoms with van der Waals surface area (Å²) >= 11 is 5.55. The summed E-state index contributed by atoms with van der Waals surface area (Å²) in [5, 5.41) is 3.82. The number of furan rings is 1. The normalized spacial score (nSPS) is 15.1. The maximum Gasteiger partial charge on any atom is 0.342 e. The molecule has 1 aliphatic heterocycles. The Kier molecular flexibility index (Phi) is 6.73. The first-order valence-electron chi connectivity index (χ1n) is 9.88. The highest BCUT2D eigenvalue weighted by Gasteiger charge is 2.37. The maximum absolute atomic E-state index is 13.3. The molecule has 168 valence electrons. The zero-order valence-electron chi connectivity index (χ0n) is 18.3. The molecule has 8 nitrogen and oxygen atoms in total. The van der Waals surface area contributed by atoms with Crippen LogP contribution in [0, 0.1) is 27.7 Å². The molecule has 1 fully saturated rings. The van der Waals surface area contributed by atoms with Crippen molar-refractivity contribution in [1.29, 1.82) is 0 Å². The van der Waals surface area contributed by atoms with Crippen LogP contribution in [0.1, 0.15) is 33.0 Å². The van der Waals surface area contributed by atoms with E-state index in [-0.39, 0.29) is 35.1 Å². The zero-order chi connectivity index (χ0) is 22.9. The SMILES string of the molecule is COC(=O)c1c(C)oc(C)c1S(=O)(=O)N1CCN(C(=S)Nc2cc(C)ccc2C)CC1. The van der Waals surface area contributed by atoms with Crippen LogP contribution in [-0.2, 0) is 14.8 Å². The minimum Gasteiger partial charge on any atom is -0.465 e. The van der Waals surface area contributed by atoms with Gasteiger partial charge in [-0.3, -0.25) is 0 Å². The molecule has 1 aromatic carbocycles. The Balaban J connectivity index is 1.74. The predicted molar refractivity (Wildman–Crippen MR) is 122 cm³/mol. The molecule has 2 heterocycles. The van der Waals surface area contributed by atoms with E-state index in [4.69, 9.17) is 21.4 Å². The molecule has 1 aromatic heterocycles. The fourth-order valence-corrected chi connectivity index (χ4v) is 5.72. The molecule has 10 heteroatoms. The maximum atomic E-state index is 13.3. The highest BCUT2D eigenvalue weighted by molar-refractivity contribution is 7.89. The summed E-state index contributed by atoms with van der Waals surface area (Å²) in [4.78, 5) is 14.0. The van der Waals surface area contributed by atoms with E-state index < -0.39 is 16.0 Å². The Morgan fingerprint density at radius 1 is 1.10 bits per heavy atom. The van der Waals surface area contributed by atoms with Crippen LogP contribution in [0.4, 0.5) is 5.69 Å². The number of ether oxygens (including phenoxy) is 1. The van der Waals surface area contributed by atoms with E-state index >= 15 is 0 Å². The van der Waals surface area contributed by atoms with E-state index in [0.717, 1.165) is 16.8 Å². The molecule has 0 aliphatic carbocycles. The second kappa shape index (κ2) is 8.97. The Hall–Kier alpha value is -2.43. The number of hydrogen-bond acceptors (Lipinski definition) is 6. The van der Waals surface area contributed by atoms with Gasteiger partial charge in [-0.1, -0.05) is 12.1 Å². The molecule has 3 rings (SSSR count). The van der Waals surface area contributed by atoms with Gasteiger partial charge < -0.3 is 19.4 Å². The van der Waals surface area contributed by atoms with Crippen LogP contribution >= 0.6 is 12.2 Å².